The molecule has 96 heavy (non-hydrogen) atoms. The molecule has 0 bridgehead atoms. The molecule has 0 unspecified atom stereocenters. The van der Waals surface area contributed by atoms with Crippen LogP contribution in [0.2, 0.25) is 0 Å². The van der Waals surface area contributed by atoms with Gasteiger partial charge in [-0.3, -0.25) is 14.4 Å². The van der Waals surface area contributed by atoms with E-state index in [4.69, 9.17) is 15.2 Å². The van der Waals surface area contributed by atoms with E-state index in [1.54, 1.807) is 56.0 Å². The zero-order chi connectivity index (χ0) is 68.5. The lowest BCUT2D eigenvalue weighted by Gasteiger charge is -2.24. The first-order chi connectivity index (χ1) is 45.9. The van der Waals surface area contributed by atoms with E-state index in [1.165, 1.54) is 47.3 Å². The van der Waals surface area contributed by atoms with Crippen molar-refractivity contribution in [3.8, 4) is 33.4 Å². The summed E-state index contributed by atoms with van der Waals surface area (Å²) in [5, 5.41) is 18.8. The zero-order valence-electron chi connectivity index (χ0n) is 54.2. The SMILES string of the molecule is CC(C)(C)OC(=O)N1C[C@@H](C(=O)Nc2cccc(-c3ccc(F)nc3)c2)[C@H](c2ccccc2)C1.CC(C)(C)OC(=O)N1C[C@@H](C(=O)O)[C@H](c2ccccc2)C1.Nc1cccc(-c2ccc(F)nc2)c1.O=C(Nc1cccc(-c2ccc(F)nc2)c1)[C@@H]1CNC[C@H]1c1ccccc1. The number of nitrogens with zero attached hydrogens (tertiary/aromatic N) is 5. The number of aromatic nitrogens is 3. The lowest BCUT2D eigenvalue weighted by atomic mass is 9.88. The number of anilines is 3. The molecule has 3 aliphatic heterocycles. The van der Waals surface area contributed by atoms with Crippen LogP contribution in [0.1, 0.15) is 76.0 Å². The van der Waals surface area contributed by atoms with Crippen molar-refractivity contribution in [1.82, 2.24) is 30.1 Å². The summed E-state index contributed by atoms with van der Waals surface area (Å²) in [6, 6.07) is 60.5. The van der Waals surface area contributed by atoms with Gasteiger partial charge in [-0.15, -0.1) is 0 Å². The van der Waals surface area contributed by atoms with E-state index in [0.29, 0.717) is 31.0 Å². The van der Waals surface area contributed by atoms with E-state index in [1.807, 2.05) is 160 Å². The van der Waals surface area contributed by atoms with E-state index in [2.05, 4.69) is 43.0 Å². The summed E-state index contributed by atoms with van der Waals surface area (Å²) in [5.74, 6) is -3.93. The van der Waals surface area contributed by atoms with Gasteiger partial charge in [0.15, 0.2) is 0 Å². The second-order valence-electron chi connectivity index (χ2n) is 25.5. The fraction of sp³-hybridized carbons (Fsp3) is 0.263. The van der Waals surface area contributed by atoms with Gasteiger partial charge in [0.1, 0.15) is 11.2 Å². The number of aliphatic carboxylic acids is 1. The molecule has 3 saturated heterocycles. The van der Waals surface area contributed by atoms with Gasteiger partial charge in [0.05, 0.1) is 17.8 Å². The number of carboxylic acids is 1. The van der Waals surface area contributed by atoms with Crippen LogP contribution in [0.3, 0.4) is 0 Å². The summed E-state index contributed by atoms with van der Waals surface area (Å²) < 4.78 is 49.6. The molecule has 6 N–H and O–H groups in total. The van der Waals surface area contributed by atoms with Crippen LogP contribution < -0.4 is 21.7 Å². The Morgan fingerprint density at radius 3 is 1.21 bits per heavy atom. The average molecular weight is 1300 g/mol. The lowest BCUT2D eigenvalue weighted by molar-refractivity contribution is -0.141. The normalized spacial score (nSPS) is 18.0. The van der Waals surface area contributed by atoms with Crippen LogP contribution in [0.15, 0.2) is 219 Å². The third-order valence-electron chi connectivity index (χ3n) is 16.2. The molecule has 3 aliphatic rings. The molecule has 12 rings (SSSR count). The van der Waals surface area contributed by atoms with Crippen LogP contribution in [0.4, 0.5) is 39.8 Å². The van der Waals surface area contributed by atoms with E-state index >= 15 is 0 Å². The van der Waals surface area contributed by atoms with Gasteiger partial charge in [-0.2, -0.15) is 13.2 Å². The number of halogens is 3. The van der Waals surface area contributed by atoms with Crippen molar-refractivity contribution in [1.29, 1.82) is 0 Å². The number of hydrogen-bond acceptors (Lipinski definition) is 12. The number of ether oxygens (including phenoxy) is 2. The minimum absolute atomic E-state index is 0.00299. The predicted molar refractivity (Wildman–Crippen MR) is 365 cm³/mol. The molecule has 3 aromatic heterocycles. The fourth-order valence-corrected chi connectivity index (χ4v) is 11.5. The third kappa shape index (κ3) is 19.7. The summed E-state index contributed by atoms with van der Waals surface area (Å²) in [5.41, 5.74) is 14.6. The Kier molecular flexibility index (Phi) is 23.2. The molecule has 0 radical (unpaired) electrons. The second-order valence-corrected chi connectivity index (χ2v) is 25.5. The van der Waals surface area contributed by atoms with Crippen molar-refractivity contribution >= 4 is 47.0 Å². The fourth-order valence-electron chi connectivity index (χ4n) is 11.5. The maximum atomic E-state index is 13.4. The lowest BCUT2D eigenvalue weighted by Crippen LogP contribution is -2.36. The quantitative estimate of drug-likeness (QED) is 0.0600. The molecule has 20 heteroatoms. The second kappa shape index (κ2) is 31.9. The van der Waals surface area contributed by atoms with E-state index in [-0.39, 0.29) is 48.6 Å². The highest BCUT2D eigenvalue weighted by Crippen LogP contribution is 2.37. The number of likely N-dealkylation sites (tertiary alicyclic amines) is 2. The van der Waals surface area contributed by atoms with Crippen molar-refractivity contribution < 1.29 is 51.7 Å². The average Bonchev–Trinajstić information content (AvgIpc) is 1.69. The van der Waals surface area contributed by atoms with Gasteiger partial charge >= 0.3 is 18.2 Å². The van der Waals surface area contributed by atoms with E-state index in [9.17, 15) is 42.3 Å². The van der Waals surface area contributed by atoms with Crippen LogP contribution in [-0.2, 0) is 23.9 Å². The van der Waals surface area contributed by atoms with Gasteiger partial charge in [-0.05, 0) is 148 Å². The Hall–Kier alpha value is -10.7. The van der Waals surface area contributed by atoms with Gasteiger partial charge < -0.3 is 46.1 Å². The van der Waals surface area contributed by atoms with Crippen molar-refractivity contribution in [3.05, 3.63) is 253 Å². The van der Waals surface area contributed by atoms with Gasteiger partial charge in [0.2, 0.25) is 29.7 Å². The van der Waals surface area contributed by atoms with Crippen LogP contribution in [0, 0.1) is 35.6 Å². The number of nitrogens with one attached hydrogen (secondary N) is 3. The van der Waals surface area contributed by atoms with Gasteiger partial charge in [-0.25, -0.2) is 24.5 Å². The molecule has 496 valence electrons. The first kappa shape index (κ1) is 69.6. The Morgan fingerprint density at radius 1 is 0.448 bits per heavy atom. The summed E-state index contributed by atoms with van der Waals surface area (Å²) in [7, 11) is 0. The number of hydrogen-bond donors (Lipinski definition) is 5. The number of pyridine rings is 3. The van der Waals surface area contributed by atoms with Crippen molar-refractivity contribution in [3.63, 3.8) is 0 Å². The van der Waals surface area contributed by atoms with E-state index in [0.717, 1.165) is 56.7 Å². The van der Waals surface area contributed by atoms with Crippen LogP contribution in [-0.4, -0.2) is 110 Å². The summed E-state index contributed by atoms with van der Waals surface area (Å²) in [6.45, 7) is 13.5. The molecule has 3 fully saturated rings. The molecule has 6 aromatic carbocycles. The summed E-state index contributed by atoms with van der Waals surface area (Å²) >= 11 is 0. The first-order valence-corrected chi connectivity index (χ1v) is 31.5. The maximum Gasteiger partial charge on any atom is 0.410 e. The number of carbonyl (C=O) groups is 5. The van der Waals surface area contributed by atoms with Crippen molar-refractivity contribution in [2.75, 3.05) is 55.6 Å². The molecule has 0 spiro atoms. The Bertz CT molecular complexity index is 4070. The van der Waals surface area contributed by atoms with Crippen molar-refractivity contribution in [2.24, 2.45) is 17.8 Å². The molecule has 17 nitrogen and oxygen atoms in total. The molecule has 0 aliphatic carbocycles. The molecule has 6 heterocycles. The molecule has 9 aromatic rings. The zero-order valence-corrected chi connectivity index (χ0v) is 54.2. The van der Waals surface area contributed by atoms with Crippen LogP contribution >= 0.6 is 0 Å². The maximum absolute atomic E-state index is 13.4. The largest absolute Gasteiger partial charge is 0.481 e. The summed E-state index contributed by atoms with van der Waals surface area (Å²) in [6.07, 6.45) is 3.56. The molecule has 6 atom stereocenters. The minimum Gasteiger partial charge on any atom is -0.481 e. The standard InChI is InChI=1S/C27H28FN3O3.C22H20FN3O.C16H21NO4.C11H9FN2/c1-27(2,3)34-26(33)31-16-22(18-8-5-4-6-9-18)23(17-31)25(32)30-21-11-7-10-19(14-21)20-12-13-24(28)29-15-20;23-21-10-9-17(12-25-21)16-7-4-8-18(11-16)26-22(27)20-14-24-13-19(20)15-5-2-1-3-6-15;1-16(2,3)21-15(20)17-9-12(13(10-17)14(18)19)11-7-5-4-6-8-11;12-11-5-4-9(7-14-11)8-2-1-3-10(13)6-8/h4-15,22-23H,16-17H2,1-3H3,(H,30,32);1-12,19-20,24H,13-14H2,(H,26,27);4-8,12-13H,9-10H2,1-3H3,(H,18,19);1-7H,13H2/t22-,23+;19-,20+;12-,13+;/m000./s1. The number of rotatable bonds is 11. The molecular formula is C76H78F3N9O8. The number of carbonyl (C=O) groups excluding carboxylic acids is 4. The minimum atomic E-state index is -0.880. The molecular weight excluding hydrogens is 1220 g/mol. The summed E-state index contributed by atoms with van der Waals surface area (Å²) in [4.78, 5) is 76.6. The Balaban J connectivity index is 0.000000157. The van der Waals surface area contributed by atoms with Crippen LogP contribution in [0.5, 0.6) is 0 Å². The smallest absolute Gasteiger partial charge is 0.410 e. The third-order valence-corrected chi connectivity index (χ3v) is 16.2. The highest BCUT2D eigenvalue weighted by molar-refractivity contribution is 5.95. The first-order valence-electron chi connectivity index (χ1n) is 31.5. The number of amides is 4. The monoisotopic (exact) mass is 1300 g/mol. The van der Waals surface area contributed by atoms with Gasteiger partial charge in [0.25, 0.3) is 0 Å². The topological polar surface area (TPSA) is 231 Å². The van der Waals surface area contributed by atoms with Crippen molar-refractivity contribution in [2.45, 2.75) is 70.5 Å². The van der Waals surface area contributed by atoms with E-state index < -0.39 is 59.0 Å². The Morgan fingerprint density at radius 2 is 0.823 bits per heavy atom. The number of nitrogen functional groups attached to an aromatic ring is 1. The van der Waals surface area contributed by atoms with Gasteiger partial charge in [0, 0.05) is 109 Å². The number of carboxylic acid groups (broad SMARTS) is 1. The molecule has 0 saturated carbocycles. The Labute approximate surface area is 557 Å². The number of benzene rings is 6. The predicted octanol–water partition coefficient (Wildman–Crippen LogP) is 14.5. The van der Waals surface area contributed by atoms with Gasteiger partial charge in [-0.1, -0.05) is 127 Å². The highest BCUT2D eigenvalue weighted by Gasteiger charge is 2.43. The highest BCUT2D eigenvalue weighted by atomic mass is 19.1. The number of nitrogens with two attached hydrogens (primary N) is 1. The molecule has 4 amide bonds. The van der Waals surface area contributed by atoms with Crippen LogP contribution in [0.25, 0.3) is 33.4 Å².